The lowest BCUT2D eigenvalue weighted by Gasteiger charge is -2.35. The number of rotatable bonds is 15. The monoisotopic (exact) mass is 402 g/mol. The number of hydrogen-bond donors (Lipinski definition) is 0. The molecule has 0 aliphatic rings. The van der Waals surface area contributed by atoms with Crippen LogP contribution in [-0.2, 0) is 15.9 Å². The summed E-state index contributed by atoms with van der Waals surface area (Å²) in [4.78, 5) is 0. The van der Waals surface area contributed by atoms with Gasteiger partial charge in [-0.05, 0) is 44.2 Å². The highest BCUT2D eigenvalue weighted by atomic mass is 19.2. The van der Waals surface area contributed by atoms with Gasteiger partial charge in [-0.2, -0.15) is 0 Å². The van der Waals surface area contributed by atoms with Crippen LogP contribution in [0.2, 0.25) is 0 Å². The van der Waals surface area contributed by atoms with Crippen molar-refractivity contribution in [3.05, 3.63) is 35.1 Å². The maximum absolute atomic E-state index is 13.8. The van der Waals surface area contributed by atoms with Gasteiger partial charge in [0.25, 0.3) is 0 Å². The zero-order valence-corrected chi connectivity index (χ0v) is 18.0. The van der Waals surface area contributed by atoms with Gasteiger partial charge >= 0.3 is 0 Å². The molecule has 1 rings (SSSR count). The summed E-state index contributed by atoms with van der Waals surface area (Å²) in [6.07, 6.45) is 11.3. The van der Waals surface area contributed by atoms with Crippen LogP contribution in [0.25, 0.3) is 0 Å². The minimum atomic E-state index is -1.14. The third-order valence-corrected chi connectivity index (χ3v) is 5.80. The first-order valence-electron chi connectivity index (χ1n) is 10.6. The van der Waals surface area contributed by atoms with Gasteiger partial charge in [-0.15, -0.1) is 0 Å². The Labute approximate surface area is 168 Å². The summed E-state index contributed by atoms with van der Waals surface area (Å²) in [6, 6.07) is 1.59. The third kappa shape index (κ3) is 8.12. The van der Waals surface area contributed by atoms with E-state index in [0.29, 0.717) is 18.9 Å². The molecule has 0 saturated heterocycles. The zero-order chi connectivity index (χ0) is 21.0. The van der Waals surface area contributed by atoms with Crippen LogP contribution in [0.4, 0.5) is 13.2 Å². The average molecular weight is 403 g/mol. The third-order valence-electron chi connectivity index (χ3n) is 5.80. The second-order valence-corrected chi connectivity index (χ2v) is 7.78. The summed E-state index contributed by atoms with van der Waals surface area (Å²) in [7, 11) is 3.32. The molecule has 0 fully saturated rings. The Balaban J connectivity index is 2.51. The van der Waals surface area contributed by atoms with E-state index in [-0.39, 0.29) is 11.5 Å². The Morgan fingerprint density at radius 2 is 1.32 bits per heavy atom. The molecule has 28 heavy (non-hydrogen) atoms. The Kier molecular flexibility index (Phi) is 11.8. The van der Waals surface area contributed by atoms with Crippen molar-refractivity contribution in [1.29, 1.82) is 0 Å². The van der Waals surface area contributed by atoms with Crippen LogP contribution in [0.15, 0.2) is 12.1 Å². The van der Waals surface area contributed by atoms with E-state index in [1.54, 1.807) is 14.2 Å². The molecule has 2 nitrogen and oxygen atoms in total. The van der Waals surface area contributed by atoms with Crippen LogP contribution in [0.3, 0.4) is 0 Å². The molecule has 0 bridgehead atoms. The smallest absolute Gasteiger partial charge is 0.167 e. The van der Waals surface area contributed by atoms with Gasteiger partial charge in [0.15, 0.2) is 17.4 Å². The second-order valence-electron chi connectivity index (χ2n) is 7.78. The zero-order valence-electron chi connectivity index (χ0n) is 18.0. The van der Waals surface area contributed by atoms with Crippen molar-refractivity contribution in [3.63, 3.8) is 0 Å². The molecule has 0 heterocycles. The molecular formula is C23H37F3O2. The van der Waals surface area contributed by atoms with Gasteiger partial charge in [0, 0.05) is 26.2 Å². The van der Waals surface area contributed by atoms with Crippen LogP contribution in [0.1, 0.15) is 83.6 Å². The highest BCUT2D eigenvalue weighted by molar-refractivity contribution is 5.20. The molecule has 0 radical (unpaired) electrons. The summed E-state index contributed by atoms with van der Waals surface area (Å²) in [5.74, 6) is -3.22. The Morgan fingerprint density at radius 3 is 1.93 bits per heavy atom. The summed E-state index contributed by atoms with van der Waals surface area (Å²) in [5.41, 5.74) is 0.229. The quantitative estimate of drug-likeness (QED) is 0.176. The number of halogens is 3. The second kappa shape index (κ2) is 13.2. The van der Waals surface area contributed by atoms with Crippen molar-refractivity contribution in [1.82, 2.24) is 0 Å². The Morgan fingerprint density at radius 1 is 0.786 bits per heavy atom. The van der Waals surface area contributed by atoms with Crippen LogP contribution in [0.5, 0.6) is 0 Å². The summed E-state index contributed by atoms with van der Waals surface area (Å²) >= 11 is 0. The number of benzene rings is 1. The van der Waals surface area contributed by atoms with Gasteiger partial charge < -0.3 is 9.47 Å². The summed E-state index contributed by atoms with van der Waals surface area (Å²) in [6.45, 7) is 4.18. The molecular weight excluding hydrogens is 365 g/mol. The Hall–Kier alpha value is -1.07. The highest BCUT2D eigenvalue weighted by Crippen LogP contribution is 2.32. The van der Waals surface area contributed by atoms with E-state index in [2.05, 4.69) is 6.92 Å². The molecule has 1 aromatic carbocycles. The van der Waals surface area contributed by atoms with Gasteiger partial charge in [-0.3, -0.25) is 0 Å². The van der Waals surface area contributed by atoms with Crippen molar-refractivity contribution < 1.29 is 22.6 Å². The first-order chi connectivity index (χ1) is 13.4. The van der Waals surface area contributed by atoms with Crippen molar-refractivity contribution in [2.24, 2.45) is 5.92 Å². The molecule has 5 heteroatoms. The van der Waals surface area contributed by atoms with Crippen LogP contribution >= 0.6 is 0 Å². The maximum Gasteiger partial charge on any atom is 0.167 e. The number of hydrogen-bond acceptors (Lipinski definition) is 2. The molecule has 0 saturated carbocycles. The SMILES string of the molecule is CCCCCCCCC(CCCCc1cc(F)c(F)cc1F)C(C)(OC)OC. The lowest BCUT2D eigenvalue weighted by molar-refractivity contribution is -0.230. The number of ether oxygens (including phenoxy) is 2. The predicted molar refractivity (Wildman–Crippen MR) is 108 cm³/mol. The normalized spacial score (nSPS) is 13.1. The molecule has 1 atom stereocenters. The van der Waals surface area contributed by atoms with Crippen LogP contribution < -0.4 is 0 Å². The van der Waals surface area contributed by atoms with E-state index in [4.69, 9.17) is 9.47 Å². The molecule has 0 aromatic heterocycles. The fraction of sp³-hybridized carbons (Fsp3) is 0.739. The highest BCUT2D eigenvalue weighted by Gasteiger charge is 2.33. The van der Waals surface area contributed by atoms with Crippen molar-refractivity contribution in [2.45, 2.75) is 90.3 Å². The van der Waals surface area contributed by atoms with E-state index in [0.717, 1.165) is 31.7 Å². The molecule has 0 aliphatic heterocycles. The number of unbranched alkanes of at least 4 members (excludes halogenated alkanes) is 6. The maximum atomic E-state index is 13.8. The van der Waals surface area contributed by atoms with E-state index in [1.807, 2.05) is 6.92 Å². The van der Waals surface area contributed by atoms with Gasteiger partial charge in [-0.25, -0.2) is 13.2 Å². The van der Waals surface area contributed by atoms with Crippen molar-refractivity contribution >= 4 is 0 Å². The largest absolute Gasteiger partial charge is 0.353 e. The van der Waals surface area contributed by atoms with Crippen LogP contribution in [-0.4, -0.2) is 20.0 Å². The number of aryl methyl sites for hydroxylation is 1. The molecule has 1 aromatic rings. The first kappa shape index (κ1) is 25.0. The topological polar surface area (TPSA) is 18.5 Å². The fourth-order valence-corrected chi connectivity index (χ4v) is 3.72. The van der Waals surface area contributed by atoms with E-state index >= 15 is 0 Å². The molecule has 162 valence electrons. The van der Waals surface area contributed by atoms with Gasteiger partial charge in [-0.1, -0.05) is 51.9 Å². The molecule has 0 spiro atoms. The minimum absolute atomic E-state index is 0.229. The standard InChI is InChI=1S/C23H37F3O2/c1-5-6-7-8-9-10-14-19(23(2,27-3)28-4)15-12-11-13-18-16-21(25)22(26)17-20(18)24/h16-17,19H,5-15H2,1-4H3. The molecule has 0 amide bonds. The van der Waals surface area contributed by atoms with Crippen molar-refractivity contribution in [3.8, 4) is 0 Å². The van der Waals surface area contributed by atoms with E-state index in [9.17, 15) is 13.2 Å². The predicted octanol–water partition coefficient (Wildman–Crippen LogP) is 7.19. The van der Waals surface area contributed by atoms with E-state index in [1.165, 1.54) is 32.1 Å². The van der Waals surface area contributed by atoms with Crippen LogP contribution in [0, 0.1) is 23.4 Å². The molecule has 0 N–H and O–H groups in total. The fourth-order valence-electron chi connectivity index (χ4n) is 3.72. The summed E-state index contributed by atoms with van der Waals surface area (Å²) < 4.78 is 51.4. The Bertz CT molecular complexity index is 559. The molecule has 1 unspecified atom stereocenters. The lowest BCUT2D eigenvalue weighted by Crippen LogP contribution is -2.39. The van der Waals surface area contributed by atoms with E-state index < -0.39 is 23.2 Å². The summed E-state index contributed by atoms with van der Waals surface area (Å²) in [5, 5.41) is 0. The molecule has 0 aliphatic carbocycles. The van der Waals surface area contributed by atoms with Crippen molar-refractivity contribution in [2.75, 3.05) is 14.2 Å². The lowest BCUT2D eigenvalue weighted by atomic mass is 9.87. The van der Waals surface area contributed by atoms with Gasteiger partial charge in [0.1, 0.15) is 5.82 Å². The number of methoxy groups -OCH3 is 2. The minimum Gasteiger partial charge on any atom is -0.353 e. The van der Waals surface area contributed by atoms with Gasteiger partial charge in [0.2, 0.25) is 0 Å². The van der Waals surface area contributed by atoms with Gasteiger partial charge in [0.05, 0.1) is 0 Å². The first-order valence-corrected chi connectivity index (χ1v) is 10.6. The average Bonchev–Trinajstić information content (AvgIpc) is 2.69.